The van der Waals surface area contributed by atoms with Crippen molar-refractivity contribution in [1.82, 2.24) is 0 Å². The van der Waals surface area contributed by atoms with E-state index in [-0.39, 0.29) is 17.7 Å². The van der Waals surface area contributed by atoms with Crippen molar-refractivity contribution in [2.45, 2.75) is 99.6 Å². The van der Waals surface area contributed by atoms with E-state index in [4.69, 9.17) is 9.73 Å². The van der Waals surface area contributed by atoms with Crippen molar-refractivity contribution >= 4 is 29.4 Å². The maximum Gasteiger partial charge on any atom is 0.242 e. The first-order chi connectivity index (χ1) is 17.4. The van der Waals surface area contributed by atoms with Gasteiger partial charge in [0.25, 0.3) is 0 Å². The van der Waals surface area contributed by atoms with Crippen LogP contribution >= 0.6 is 11.3 Å². The molecule has 1 fully saturated rings. The first kappa shape index (κ1) is 29.6. The van der Waals surface area contributed by atoms with Crippen LogP contribution in [0.4, 0.5) is 0 Å². The van der Waals surface area contributed by atoms with Gasteiger partial charge in [0.05, 0.1) is 11.4 Å². The molecular formula is C32H46BNO2S. The highest BCUT2D eigenvalue weighted by Crippen LogP contribution is 2.37. The van der Waals surface area contributed by atoms with Crippen LogP contribution in [0.15, 0.2) is 39.8 Å². The number of benzene rings is 1. The average molecular weight is 520 g/mol. The zero-order chi connectivity index (χ0) is 27.3. The number of nitrogens with zero attached hydrogens (tertiary/aromatic N) is 1. The molecule has 200 valence electrons. The molecular weight excluding hydrogens is 473 g/mol. The van der Waals surface area contributed by atoms with E-state index in [9.17, 15) is 4.79 Å². The van der Waals surface area contributed by atoms with E-state index in [1.807, 2.05) is 6.92 Å². The van der Waals surface area contributed by atoms with Crippen molar-refractivity contribution in [3.8, 4) is 0 Å². The van der Waals surface area contributed by atoms with Crippen LogP contribution in [0, 0.1) is 19.8 Å². The number of allylic oxidation sites excluding steroid dienone is 2. The van der Waals surface area contributed by atoms with E-state index in [2.05, 4.69) is 79.0 Å². The molecule has 0 amide bonds. The third kappa shape index (κ3) is 7.54. The Bertz CT molecular complexity index is 1170. The fourth-order valence-corrected chi connectivity index (χ4v) is 6.27. The molecule has 0 radical (unpaired) electrons. The Labute approximate surface area is 229 Å². The maximum atomic E-state index is 14.0. The molecule has 5 heteroatoms. The van der Waals surface area contributed by atoms with E-state index in [0.29, 0.717) is 24.8 Å². The maximum absolute atomic E-state index is 14.0. The molecule has 3 nitrogen and oxygen atoms in total. The van der Waals surface area contributed by atoms with Crippen LogP contribution in [0.3, 0.4) is 0 Å². The predicted octanol–water partition coefficient (Wildman–Crippen LogP) is 8.26. The van der Waals surface area contributed by atoms with Crippen LogP contribution < -0.4 is 0 Å². The highest BCUT2D eigenvalue weighted by Gasteiger charge is 2.43. The summed E-state index contributed by atoms with van der Waals surface area (Å²) in [6, 6.07) is 6.96. The zero-order valence-corrected chi connectivity index (χ0v) is 25.4. The molecule has 0 bridgehead atoms. The normalized spacial score (nSPS) is 16.8. The molecule has 1 aliphatic heterocycles. The molecule has 0 saturated carbocycles. The Morgan fingerprint density at radius 1 is 1.14 bits per heavy atom. The molecule has 0 aliphatic carbocycles. The van der Waals surface area contributed by atoms with Crippen molar-refractivity contribution in [2.24, 2.45) is 10.9 Å². The van der Waals surface area contributed by atoms with Crippen molar-refractivity contribution in [1.29, 1.82) is 0 Å². The van der Waals surface area contributed by atoms with Gasteiger partial charge in [0.15, 0.2) is 0 Å². The standard InChI is InChI=1S/C32H46BNO2S/c1-10-26-18-27(24(6)17-28(26)15-21(2)3)12-11-23(5)30(34-25(7)29-16-22(4)19-37-29)31(35)33-13-14-36-20-32(33,8)9/h16-19,21H,10-15,20H2,1-9H3/b30-23+,34-25?. The quantitative estimate of drug-likeness (QED) is 0.180. The van der Waals surface area contributed by atoms with Gasteiger partial charge in [0.1, 0.15) is 5.68 Å². The lowest BCUT2D eigenvalue weighted by molar-refractivity contribution is -0.109. The summed E-state index contributed by atoms with van der Waals surface area (Å²) in [6.45, 7) is 20.8. The van der Waals surface area contributed by atoms with Gasteiger partial charge in [-0.2, -0.15) is 0 Å². The van der Waals surface area contributed by atoms with Crippen LogP contribution in [0.25, 0.3) is 0 Å². The second-order valence-electron chi connectivity index (χ2n) is 12.1. The second kappa shape index (κ2) is 12.7. The smallest absolute Gasteiger partial charge is 0.242 e. The lowest BCUT2D eigenvalue weighted by Crippen LogP contribution is -2.44. The number of hydrogen-bond donors (Lipinski definition) is 0. The lowest BCUT2D eigenvalue weighted by Gasteiger charge is -2.35. The number of hydrogen-bond acceptors (Lipinski definition) is 4. The molecule has 0 N–H and O–H groups in total. The van der Waals surface area contributed by atoms with Crippen molar-refractivity contribution in [2.75, 3.05) is 13.2 Å². The number of thiophene rings is 1. The fourth-order valence-electron chi connectivity index (χ4n) is 5.42. The Balaban J connectivity index is 1.95. The van der Waals surface area contributed by atoms with Crippen LogP contribution in [0.5, 0.6) is 0 Å². The molecule has 37 heavy (non-hydrogen) atoms. The van der Waals surface area contributed by atoms with E-state index in [1.54, 1.807) is 11.3 Å². The topological polar surface area (TPSA) is 38.7 Å². The summed E-state index contributed by atoms with van der Waals surface area (Å²) in [6.07, 6.45) is 4.69. The van der Waals surface area contributed by atoms with Gasteiger partial charge in [0.2, 0.25) is 6.71 Å². The number of aliphatic imine (C=N–C) groups is 1. The number of carbonyl (C=O) groups excluding carboxylic acids is 1. The Morgan fingerprint density at radius 2 is 1.86 bits per heavy atom. The van der Waals surface area contributed by atoms with Crippen LogP contribution in [-0.4, -0.2) is 31.3 Å². The monoisotopic (exact) mass is 519 g/mol. The lowest BCUT2D eigenvalue weighted by atomic mass is 9.29. The first-order valence-electron chi connectivity index (χ1n) is 14.0. The van der Waals surface area contributed by atoms with Gasteiger partial charge in [-0.3, -0.25) is 0 Å². The average Bonchev–Trinajstić information content (AvgIpc) is 3.27. The van der Waals surface area contributed by atoms with Gasteiger partial charge in [-0.05, 0) is 116 Å². The molecule has 0 atom stereocenters. The highest BCUT2D eigenvalue weighted by molar-refractivity contribution is 7.12. The summed E-state index contributed by atoms with van der Waals surface area (Å²) >= 11 is 1.70. The summed E-state index contributed by atoms with van der Waals surface area (Å²) < 4.78 is 5.73. The fraction of sp³-hybridized carbons (Fsp3) is 0.562. The van der Waals surface area contributed by atoms with Gasteiger partial charge < -0.3 is 9.53 Å². The molecule has 2 aromatic rings. The zero-order valence-electron chi connectivity index (χ0n) is 24.6. The summed E-state index contributed by atoms with van der Waals surface area (Å²) in [5.74, 6) is 0.650. The molecule has 0 unspecified atom stereocenters. The van der Waals surface area contributed by atoms with Gasteiger partial charge >= 0.3 is 0 Å². The van der Waals surface area contributed by atoms with Crippen LogP contribution in [0.2, 0.25) is 11.6 Å². The molecule has 1 aromatic heterocycles. The van der Waals surface area contributed by atoms with E-state index < -0.39 is 0 Å². The molecule has 2 heterocycles. The number of carbonyl (C=O) groups is 1. The van der Waals surface area contributed by atoms with Gasteiger partial charge in [-0.25, -0.2) is 4.99 Å². The number of ether oxygens (including phenoxy) is 1. The summed E-state index contributed by atoms with van der Waals surface area (Å²) in [5.41, 5.74) is 9.76. The van der Waals surface area contributed by atoms with Crippen molar-refractivity contribution < 1.29 is 9.53 Å². The number of rotatable bonds is 10. The van der Waals surface area contributed by atoms with Crippen molar-refractivity contribution in [3.05, 3.63) is 67.5 Å². The Hall–Kier alpha value is -1.98. The number of aryl methyl sites for hydroxylation is 4. The van der Waals surface area contributed by atoms with E-state index in [1.165, 1.54) is 27.8 Å². The minimum absolute atomic E-state index is 0.0726. The minimum atomic E-state index is -0.192. The largest absolute Gasteiger partial charge is 0.382 e. The molecule has 1 aliphatic rings. The van der Waals surface area contributed by atoms with Gasteiger partial charge in [-0.1, -0.05) is 46.8 Å². The molecule has 1 aromatic carbocycles. The first-order valence-corrected chi connectivity index (χ1v) is 14.8. The molecule has 3 rings (SSSR count). The van der Waals surface area contributed by atoms with Crippen molar-refractivity contribution in [3.63, 3.8) is 0 Å². The Morgan fingerprint density at radius 3 is 2.46 bits per heavy atom. The van der Waals surface area contributed by atoms with E-state index >= 15 is 0 Å². The molecule has 1 saturated heterocycles. The van der Waals surface area contributed by atoms with Gasteiger partial charge in [-0.15, -0.1) is 11.3 Å². The predicted molar refractivity (Wildman–Crippen MR) is 162 cm³/mol. The molecule has 0 spiro atoms. The van der Waals surface area contributed by atoms with Crippen LogP contribution in [-0.2, 0) is 28.8 Å². The third-order valence-electron chi connectivity index (χ3n) is 7.73. The SMILES string of the molecule is CCc1cc(CC/C(C)=C(/N=C(C)c2cc(C)cs2)C(=O)B2CCOCC2(C)C)c(C)cc1CC(C)C. The highest BCUT2D eigenvalue weighted by atomic mass is 32.1. The summed E-state index contributed by atoms with van der Waals surface area (Å²) in [5, 5.41) is 1.95. The third-order valence-corrected chi connectivity index (χ3v) is 8.88. The van der Waals surface area contributed by atoms with E-state index in [0.717, 1.165) is 48.2 Å². The Kier molecular flexibility index (Phi) is 10.2. The second-order valence-corrected chi connectivity index (χ2v) is 13.0. The van der Waals surface area contributed by atoms with Crippen LogP contribution in [0.1, 0.15) is 87.6 Å². The van der Waals surface area contributed by atoms with Gasteiger partial charge in [0, 0.05) is 18.1 Å². The summed E-state index contributed by atoms with van der Waals surface area (Å²) in [7, 11) is 0. The minimum Gasteiger partial charge on any atom is -0.382 e. The summed E-state index contributed by atoms with van der Waals surface area (Å²) in [4.78, 5) is 20.2.